The van der Waals surface area contributed by atoms with Crippen molar-refractivity contribution in [3.63, 3.8) is 0 Å². The molecule has 1 aliphatic carbocycles. The van der Waals surface area contributed by atoms with E-state index >= 15 is 0 Å². The van der Waals surface area contributed by atoms with Gasteiger partial charge in [-0.3, -0.25) is 4.98 Å². The monoisotopic (exact) mass is 447 g/mol. The number of nitrogens with one attached hydrogen (secondary N) is 1. The van der Waals surface area contributed by atoms with Crippen LogP contribution in [0.1, 0.15) is 25.7 Å². The summed E-state index contributed by atoms with van der Waals surface area (Å²) in [4.78, 5) is 19.3. The lowest BCUT2D eigenvalue weighted by atomic mass is 9.93. The first kappa shape index (κ1) is 16.5. The number of carbonyl (C=O) groups is 1. The SMILES string of the molecule is O=C(O)NC1CCC(Oc2nc(Cl)cc3ncc(I)cc23)CC1. The van der Waals surface area contributed by atoms with E-state index in [1.54, 1.807) is 12.3 Å². The van der Waals surface area contributed by atoms with Gasteiger partial charge in [0.05, 0.1) is 10.9 Å². The number of nitrogens with zero attached hydrogens (tertiary/aromatic N) is 2. The van der Waals surface area contributed by atoms with Crippen molar-refractivity contribution in [1.82, 2.24) is 15.3 Å². The lowest BCUT2D eigenvalue weighted by Gasteiger charge is -2.28. The first-order valence-electron chi connectivity index (χ1n) is 7.29. The summed E-state index contributed by atoms with van der Waals surface area (Å²) in [6.45, 7) is 0. The van der Waals surface area contributed by atoms with Crippen LogP contribution in [0.25, 0.3) is 10.9 Å². The Balaban J connectivity index is 1.75. The smallest absolute Gasteiger partial charge is 0.404 e. The van der Waals surface area contributed by atoms with Crippen LogP contribution in [0.15, 0.2) is 18.3 Å². The molecular formula is C15H15ClIN3O3. The maximum absolute atomic E-state index is 10.7. The molecule has 0 radical (unpaired) electrons. The van der Waals surface area contributed by atoms with Crippen molar-refractivity contribution < 1.29 is 14.6 Å². The largest absolute Gasteiger partial charge is 0.474 e. The second-order valence-corrected chi connectivity index (χ2v) is 7.14. The van der Waals surface area contributed by atoms with Gasteiger partial charge in [0, 0.05) is 21.9 Å². The van der Waals surface area contributed by atoms with Gasteiger partial charge in [-0.25, -0.2) is 9.78 Å². The van der Waals surface area contributed by atoms with E-state index in [2.05, 4.69) is 37.9 Å². The zero-order valence-corrected chi connectivity index (χ0v) is 15.0. The quantitative estimate of drug-likeness (QED) is 0.552. The number of ether oxygens (including phenoxy) is 1. The van der Waals surface area contributed by atoms with Gasteiger partial charge >= 0.3 is 6.09 Å². The minimum atomic E-state index is -0.975. The number of amides is 1. The van der Waals surface area contributed by atoms with Crippen molar-refractivity contribution in [1.29, 1.82) is 0 Å². The molecule has 0 bridgehead atoms. The number of halogens is 2. The van der Waals surface area contributed by atoms with Crippen molar-refractivity contribution in [2.24, 2.45) is 0 Å². The molecule has 122 valence electrons. The van der Waals surface area contributed by atoms with Gasteiger partial charge in [-0.15, -0.1) is 0 Å². The first-order valence-corrected chi connectivity index (χ1v) is 8.75. The summed E-state index contributed by atoms with van der Waals surface area (Å²) in [6, 6.07) is 3.69. The van der Waals surface area contributed by atoms with E-state index in [0.29, 0.717) is 11.0 Å². The van der Waals surface area contributed by atoms with Gasteiger partial charge in [0.2, 0.25) is 5.88 Å². The Kier molecular flexibility index (Phi) is 5.05. The van der Waals surface area contributed by atoms with E-state index in [1.807, 2.05) is 6.07 Å². The summed E-state index contributed by atoms with van der Waals surface area (Å²) >= 11 is 8.25. The molecule has 2 N–H and O–H groups in total. The van der Waals surface area contributed by atoms with Gasteiger partial charge in [0.15, 0.2) is 0 Å². The van der Waals surface area contributed by atoms with Crippen LogP contribution in [0.2, 0.25) is 5.15 Å². The molecule has 1 fully saturated rings. The van der Waals surface area contributed by atoms with Gasteiger partial charge < -0.3 is 15.2 Å². The Morgan fingerprint density at radius 1 is 1.35 bits per heavy atom. The van der Waals surface area contributed by atoms with E-state index in [-0.39, 0.29) is 12.1 Å². The summed E-state index contributed by atoms with van der Waals surface area (Å²) in [6.07, 6.45) is 3.87. The molecule has 1 saturated carbocycles. The van der Waals surface area contributed by atoms with Gasteiger partial charge in [-0.05, 0) is 54.3 Å². The second kappa shape index (κ2) is 7.04. The Hall–Kier alpha value is -1.35. The Labute approximate surface area is 151 Å². The molecule has 6 nitrogen and oxygen atoms in total. The van der Waals surface area contributed by atoms with Gasteiger partial charge in [0.1, 0.15) is 11.3 Å². The van der Waals surface area contributed by atoms with E-state index in [0.717, 1.165) is 40.2 Å². The van der Waals surface area contributed by atoms with Crippen molar-refractivity contribution in [3.8, 4) is 5.88 Å². The molecular weight excluding hydrogens is 433 g/mol. The van der Waals surface area contributed by atoms with Crippen LogP contribution >= 0.6 is 34.2 Å². The molecule has 8 heteroatoms. The van der Waals surface area contributed by atoms with Gasteiger partial charge in [-0.2, -0.15) is 0 Å². The summed E-state index contributed by atoms with van der Waals surface area (Å²) in [5.41, 5.74) is 0.752. The summed E-state index contributed by atoms with van der Waals surface area (Å²) in [5.74, 6) is 0.494. The zero-order valence-electron chi connectivity index (χ0n) is 12.1. The molecule has 3 rings (SSSR count). The molecule has 0 unspecified atom stereocenters. The van der Waals surface area contributed by atoms with Gasteiger partial charge in [-0.1, -0.05) is 11.6 Å². The highest BCUT2D eigenvalue weighted by atomic mass is 127. The average Bonchev–Trinajstić information content (AvgIpc) is 2.49. The van der Waals surface area contributed by atoms with Crippen LogP contribution in [0.3, 0.4) is 0 Å². The van der Waals surface area contributed by atoms with Crippen molar-refractivity contribution >= 4 is 51.2 Å². The Morgan fingerprint density at radius 2 is 2.09 bits per heavy atom. The van der Waals surface area contributed by atoms with E-state index in [1.165, 1.54) is 0 Å². The second-order valence-electron chi connectivity index (χ2n) is 5.51. The van der Waals surface area contributed by atoms with Crippen LogP contribution < -0.4 is 10.1 Å². The molecule has 23 heavy (non-hydrogen) atoms. The van der Waals surface area contributed by atoms with Crippen LogP contribution in [0.4, 0.5) is 4.79 Å². The molecule has 1 aliphatic rings. The van der Waals surface area contributed by atoms with Crippen LogP contribution in [-0.2, 0) is 0 Å². The number of carboxylic acid groups (broad SMARTS) is 1. The number of rotatable bonds is 3. The molecule has 2 aromatic rings. The predicted molar refractivity (Wildman–Crippen MR) is 95.1 cm³/mol. The first-order chi connectivity index (χ1) is 11.0. The number of hydrogen-bond acceptors (Lipinski definition) is 4. The molecule has 0 aliphatic heterocycles. The van der Waals surface area contributed by atoms with E-state index in [4.69, 9.17) is 21.4 Å². The minimum Gasteiger partial charge on any atom is -0.474 e. The number of fused-ring (bicyclic) bond motifs is 1. The lowest BCUT2D eigenvalue weighted by molar-refractivity contribution is 0.131. The van der Waals surface area contributed by atoms with Crippen LogP contribution in [0.5, 0.6) is 5.88 Å². The lowest BCUT2D eigenvalue weighted by Crippen LogP contribution is -2.39. The maximum atomic E-state index is 10.7. The number of hydrogen-bond donors (Lipinski definition) is 2. The fraction of sp³-hybridized carbons (Fsp3) is 0.400. The highest BCUT2D eigenvalue weighted by Gasteiger charge is 2.24. The molecule has 0 spiro atoms. The predicted octanol–water partition coefficient (Wildman–Crippen LogP) is 3.85. The fourth-order valence-corrected chi connectivity index (χ4v) is 3.42. The Morgan fingerprint density at radius 3 is 2.78 bits per heavy atom. The van der Waals surface area contributed by atoms with Crippen LogP contribution in [-0.4, -0.2) is 33.3 Å². The van der Waals surface area contributed by atoms with Crippen LogP contribution in [0, 0.1) is 3.57 Å². The minimum absolute atomic E-state index is 0.000898. The third-order valence-electron chi connectivity index (χ3n) is 3.86. The third kappa shape index (κ3) is 4.14. The van der Waals surface area contributed by atoms with Crippen molar-refractivity contribution in [3.05, 3.63) is 27.1 Å². The molecule has 0 saturated heterocycles. The third-order valence-corrected chi connectivity index (χ3v) is 4.64. The molecule has 1 amide bonds. The van der Waals surface area contributed by atoms with E-state index in [9.17, 15) is 4.79 Å². The standard InChI is InChI=1S/C15H15ClIN3O3/c16-13-6-12-11(5-8(17)7-18-12)14(20-13)23-10-3-1-9(2-4-10)19-15(21)22/h5-7,9-10,19H,1-4H2,(H,21,22). The normalized spacial score (nSPS) is 21.1. The number of pyridine rings is 2. The summed E-state index contributed by atoms with van der Waals surface area (Å²) in [5, 5.41) is 12.5. The number of aromatic nitrogens is 2. The summed E-state index contributed by atoms with van der Waals surface area (Å²) in [7, 11) is 0. The Bertz CT molecular complexity index is 735. The molecule has 2 aromatic heterocycles. The molecule has 0 atom stereocenters. The zero-order chi connectivity index (χ0) is 16.4. The maximum Gasteiger partial charge on any atom is 0.404 e. The highest BCUT2D eigenvalue weighted by molar-refractivity contribution is 14.1. The van der Waals surface area contributed by atoms with Crippen molar-refractivity contribution in [2.45, 2.75) is 37.8 Å². The summed E-state index contributed by atoms with van der Waals surface area (Å²) < 4.78 is 7.04. The molecule has 2 heterocycles. The highest BCUT2D eigenvalue weighted by Crippen LogP contribution is 2.30. The topological polar surface area (TPSA) is 84.3 Å². The van der Waals surface area contributed by atoms with Gasteiger partial charge in [0.25, 0.3) is 0 Å². The molecule has 0 aromatic carbocycles. The fourth-order valence-electron chi connectivity index (χ4n) is 2.79. The van der Waals surface area contributed by atoms with Crippen molar-refractivity contribution in [2.75, 3.05) is 0 Å². The van der Waals surface area contributed by atoms with E-state index < -0.39 is 6.09 Å². The average molecular weight is 448 g/mol.